The lowest BCUT2D eigenvalue weighted by molar-refractivity contribution is 0.123. The van der Waals surface area contributed by atoms with E-state index < -0.39 is 0 Å². The highest BCUT2D eigenvalue weighted by atomic mass is 32.1. The molecular weight excluding hydrogens is 220 g/mol. The van der Waals surface area contributed by atoms with E-state index in [-0.39, 0.29) is 0 Å². The Balaban J connectivity index is 2.52. The Bertz CT molecular complexity index is 292. The number of ether oxygens (including phenoxy) is 1. The molecule has 0 saturated carbocycles. The molecule has 1 heterocycles. The van der Waals surface area contributed by atoms with E-state index in [1.807, 2.05) is 6.92 Å². The lowest BCUT2D eigenvalue weighted by atomic mass is 10.2. The fourth-order valence-electron chi connectivity index (χ4n) is 1.58. The van der Waals surface area contributed by atoms with E-state index >= 15 is 0 Å². The lowest BCUT2D eigenvalue weighted by Crippen LogP contribution is -2.35. The van der Waals surface area contributed by atoms with Crippen molar-refractivity contribution >= 4 is 11.3 Å². The zero-order valence-electron chi connectivity index (χ0n) is 10.7. The second-order valence-electron chi connectivity index (χ2n) is 3.87. The van der Waals surface area contributed by atoms with E-state index in [0.717, 1.165) is 31.9 Å². The summed E-state index contributed by atoms with van der Waals surface area (Å²) < 4.78 is 5.47. The van der Waals surface area contributed by atoms with Crippen molar-refractivity contribution in [3.8, 4) is 0 Å². The van der Waals surface area contributed by atoms with Gasteiger partial charge in [-0.1, -0.05) is 6.92 Å². The van der Waals surface area contributed by atoms with Crippen LogP contribution < -0.4 is 5.32 Å². The van der Waals surface area contributed by atoms with Crippen LogP contribution in [-0.2, 0) is 11.2 Å². The minimum absolute atomic E-state index is 0.384. The molecule has 0 bridgehead atoms. The molecule has 92 valence electrons. The first-order valence-corrected chi connectivity index (χ1v) is 6.73. The molecule has 0 spiro atoms. The molecular formula is C12H22N2OS. The minimum atomic E-state index is 0.384. The number of aryl methyl sites for hydroxylation is 2. The van der Waals surface area contributed by atoms with Gasteiger partial charge < -0.3 is 10.1 Å². The highest BCUT2D eigenvalue weighted by Crippen LogP contribution is 2.17. The number of nitrogens with one attached hydrogen (secondary N) is 1. The topological polar surface area (TPSA) is 34.1 Å². The van der Waals surface area contributed by atoms with Crippen molar-refractivity contribution in [2.24, 2.45) is 0 Å². The monoisotopic (exact) mass is 242 g/mol. The van der Waals surface area contributed by atoms with Crippen LogP contribution in [0.5, 0.6) is 0 Å². The van der Waals surface area contributed by atoms with Gasteiger partial charge in [0.15, 0.2) is 0 Å². The van der Waals surface area contributed by atoms with Gasteiger partial charge in [0, 0.05) is 23.9 Å². The summed E-state index contributed by atoms with van der Waals surface area (Å²) in [5.74, 6) is 0. The second kappa shape index (κ2) is 6.99. The quantitative estimate of drug-likeness (QED) is 0.797. The van der Waals surface area contributed by atoms with Crippen molar-refractivity contribution in [3.63, 3.8) is 0 Å². The number of thiazole rings is 1. The summed E-state index contributed by atoms with van der Waals surface area (Å²) in [6.45, 7) is 10.9. The van der Waals surface area contributed by atoms with Crippen LogP contribution in [0.3, 0.4) is 0 Å². The van der Waals surface area contributed by atoms with E-state index in [2.05, 4.69) is 31.1 Å². The SMILES string of the molecule is CCNC(COCC)Cc1nc(C)c(C)s1. The van der Waals surface area contributed by atoms with E-state index in [1.54, 1.807) is 11.3 Å². The van der Waals surface area contributed by atoms with Crippen LogP contribution in [0.15, 0.2) is 0 Å². The van der Waals surface area contributed by atoms with Gasteiger partial charge in [0.2, 0.25) is 0 Å². The molecule has 1 N–H and O–H groups in total. The summed E-state index contributed by atoms with van der Waals surface area (Å²) >= 11 is 1.80. The van der Waals surface area contributed by atoms with E-state index in [9.17, 15) is 0 Å². The Morgan fingerprint density at radius 1 is 1.38 bits per heavy atom. The summed E-state index contributed by atoms with van der Waals surface area (Å²) in [4.78, 5) is 5.88. The molecule has 3 nitrogen and oxygen atoms in total. The van der Waals surface area contributed by atoms with Gasteiger partial charge in [-0.25, -0.2) is 4.98 Å². The highest BCUT2D eigenvalue weighted by molar-refractivity contribution is 7.11. The molecule has 0 aliphatic rings. The maximum absolute atomic E-state index is 5.47. The Morgan fingerprint density at radius 3 is 2.62 bits per heavy atom. The molecule has 0 amide bonds. The lowest BCUT2D eigenvalue weighted by Gasteiger charge is -2.16. The van der Waals surface area contributed by atoms with Crippen molar-refractivity contribution in [2.75, 3.05) is 19.8 Å². The number of nitrogens with zero attached hydrogens (tertiary/aromatic N) is 1. The standard InChI is InChI=1S/C12H22N2OS/c1-5-13-11(8-15-6-2)7-12-14-9(3)10(4)16-12/h11,13H,5-8H2,1-4H3. The summed E-state index contributed by atoms with van der Waals surface area (Å²) in [5.41, 5.74) is 1.16. The van der Waals surface area contributed by atoms with Crippen molar-refractivity contribution < 1.29 is 4.74 Å². The molecule has 4 heteroatoms. The Labute approximate surface area is 102 Å². The molecule has 1 aromatic rings. The third-order valence-corrected chi connectivity index (χ3v) is 3.60. The van der Waals surface area contributed by atoms with Crippen LogP contribution in [0.25, 0.3) is 0 Å². The average molecular weight is 242 g/mol. The van der Waals surface area contributed by atoms with E-state index in [1.165, 1.54) is 9.88 Å². The smallest absolute Gasteiger partial charge is 0.0947 e. The third-order valence-electron chi connectivity index (χ3n) is 2.51. The summed E-state index contributed by atoms with van der Waals surface area (Å²) in [7, 11) is 0. The molecule has 1 rings (SSSR count). The molecule has 0 aliphatic carbocycles. The zero-order valence-corrected chi connectivity index (χ0v) is 11.5. The van der Waals surface area contributed by atoms with Crippen molar-refractivity contribution in [1.82, 2.24) is 10.3 Å². The maximum atomic E-state index is 5.47. The van der Waals surface area contributed by atoms with Crippen molar-refractivity contribution in [2.45, 2.75) is 40.2 Å². The number of hydrogen-bond acceptors (Lipinski definition) is 4. The average Bonchev–Trinajstić information content (AvgIpc) is 2.55. The van der Waals surface area contributed by atoms with E-state index in [4.69, 9.17) is 4.74 Å². The predicted molar refractivity (Wildman–Crippen MR) is 69.2 cm³/mol. The molecule has 1 unspecified atom stereocenters. The summed E-state index contributed by atoms with van der Waals surface area (Å²) in [6.07, 6.45) is 0.965. The van der Waals surface area contributed by atoms with Gasteiger partial charge in [-0.05, 0) is 27.3 Å². The molecule has 0 fully saturated rings. The fourth-order valence-corrected chi connectivity index (χ4v) is 2.59. The van der Waals surface area contributed by atoms with Crippen LogP contribution in [0.1, 0.15) is 29.4 Å². The second-order valence-corrected chi connectivity index (χ2v) is 5.16. The molecule has 0 aromatic carbocycles. The van der Waals surface area contributed by atoms with Gasteiger partial charge in [0.1, 0.15) is 0 Å². The van der Waals surface area contributed by atoms with Crippen LogP contribution in [0.4, 0.5) is 0 Å². The largest absolute Gasteiger partial charge is 0.380 e. The molecule has 0 saturated heterocycles. The minimum Gasteiger partial charge on any atom is -0.380 e. The molecule has 1 atom stereocenters. The zero-order chi connectivity index (χ0) is 12.0. The first kappa shape index (κ1) is 13.6. The normalized spacial score (nSPS) is 13.0. The molecule has 0 aliphatic heterocycles. The van der Waals surface area contributed by atoms with Crippen molar-refractivity contribution in [1.29, 1.82) is 0 Å². The Kier molecular flexibility index (Phi) is 5.95. The maximum Gasteiger partial charge on any atom is 0.0947 e. The highest BCUT2D eigenvalue weighted by Gasteiger charge is 2.12. The van der Waals surface area contributed by atoms with Gasteiger partial charge in [-0.3, -0.25) is 0 Å². The number of likely N-dealkylation sites (N-methyl/N-ethyl adjacent to an activating group) is 1. The van der Waals surface area contributed by atoms with Gasteiger partial charge in [-0.2, -0.15) is 0 Å². The molecule has 1 aromatic heterocycles. The van der Waals surface area contributed by atoms with E-state index in [0.29, 0.717) is 6.04 Å². The fraction of sp³-hybridized carbons (Fsp3) is 0.750. The summed E-state index contributed by atoms with van der Waals surface area (Å²) in [5, 5.41) is 4.65. The number of hydrogen-bond donors (Lipinski definition) is 1. The summed E-state index contributed by atoms with van der Waals surface area (Å²) in [6, 6.07) is 0.384. The molecule has 16 heavy (non-hydrogen) atoms. The first-order chi connectivity index (χ1) is 7.67. The van der Waals surface area contributed by atoms with Crippen LogP contribution in [0, 0.1) is 13.8 Å². The molecule has 0 radical (unpaired) electrons. The van der Waals surface area contributed by atoms with Gasteiger partial charge >= 0.3 is 0 Å². The van der Waals surface area contributed by atoms with Crippen LogP contribution in [0.2, 0.25) is 0 Å². The predicted octanol–water partition coefficient (Wildman–Crippen LogP) is 2.32. The number of rotatable bonds is 7. The van der Waals surface area contributed by atoms with Crippen LogP contribution in [-0.4, -0.2) is 30.8 Å². The number of aromatic nitrogens is 1. The first-order valence-electron chi connectivity index (χ1n) is 5.91. The third kappa shape index (κ3) is 4.20. The van der Waals surface area contributed by atoms with Crippen molar-refractivity contribution in [3.05, 3.63) is 15.6 Å². The Morgan fingerprint density at radius 2 is 2.12 bits per heavy atom. The Hall–Kier alpha value is -0.450. The van der Waals surface area contributed by atoms with Gasteiger partial charge in [-0.15, -0.1) is 11.3 Å². The van der Waals surface area contributed by atoms with Gasteiger partial charge in [0.05, 0.1) is 17.3 Å². The van der Waals surface area contributed by atoms with Crippen LogP contribution >= 0.6 is 11.3 Å². The van der Waals surface area contributed by atoms with Gasteiger partial charge in [0.25, 0.3) is 0 Å².